The van der Waals surface area contributed by atoms with E-state index < -0.39 is 0 Å². The predicted molar refractivity (Wildman–Crippen MR) is 211 cm³/mol. The van der Waals surface area contributed by atoms with E-state index in [4.69, 9.17) is 8.83 Å². The average molecular weight is 635 g/mol. The molecule has 0 saturated heterocycles. The largest absolute Gasteiger partial charge is 0.456 e. The van der Waals surface area contributed by atoms with Gasteiger partial charge in [-0.2, -0.15) is 0 Å². The Kier molecular flexibility index (Phi) is 5.00. The van der Waals surface area contributed by atoms with E-state index in [1.54, 1.807) is 0 Å². The maximum Gasteiger partial charge on any atom is 0.143 e. The van der Waals surface area contributed by atoms with Crippen molar-refractivity contribution in [3.8, 4) is 22.3 Å². The quantitative estimate of drug-likeness (QED) is 0.177. The van der Waals surface area contributed by atoms with Gasteiger partial charge in [-0.1, -0.05) is 121 Å². The first-order chi connectivity index (χ1) is 24.8. The van der Waals surface area contributed by atoms with Gasteiger partial charge in [-0.25, -0.2) is 0 Å². The van der Waals surface area contributed by atoms with Gasteiger partial charge >= 0.3 is 0 Å². The van der Waals surface area contributed by atoms with Crippen LogP contribution in [0.5, 0.6) is 0 Å². The molecule has 0 aliphatic carbocycles. The molecule has 0 aliphatic heterocycles. The standard InChI is InChI=1S/C48H26O2/c1-2-8-32-25-43-41(24-31(32)7-1)37-19-17-33(26-42(37)49-43)35-22-23-39(46-40-21-14-27-6-3-4-11-34(27)47(40)50-48(35)46)36-18-15-30-13-12-28-9-5-10-29-16-20-38(36)45(30)44(28)29/h1-26H. The van der Waals surface area contributed by atoms with E-state index in [2.05, 4.69) is 158 Å². The van der Waals surface area contributed by atoms with E-state index in [1.165, 1.54) is 59.6 Å². The molecule has 12 rings (SSSR count). The minimum atomic E-state index is 0.873. The number of fused-ring (bicyclic) bond motifs is 9. The fraction of sp³-hybridized carbons (Fsp3) is 0. The van der Waals surface area contributed by atoms with E-state index in [1.807, 2.05) is 0 Å². The van der Waals surface area contributed by atoms with Gasteiger partial charge in [0.15, 0.2) is 0 Å². The highest BCUT2D eigenvalue weighted by Crippen LogP contribution is 2.47. The second kappa shape index (κ2) is 9.49. The highest BCUT2D eigenvalue weighted by molar-refractivity contribution is 6.28. The number of rotatable bonds is 2. The molecule has 230 valence electrons. The molecule has 12 aromatic rings. The second-order valence-corrected chi connectivity index (χ2v) is 13.6. The molecule has 0 aliphatic rings. The summed E-state index contributed by atoms with van der Waals surface area (Å²) in [7, 11) is 0. The van der Waals surface area contributed by atoms with Crippen LogP contribution in [0.3, 0.4) is 0 Å². The van der Waals surface area contributed by atoms with Gasteiger partial charge in [0.25, 0.3) is 0 Å². The second-order valence-electron chi connectivity index (χ2n) is 13.6. The first-order valence-electron chi connectivity index (χ1n) is 17.2. The third-order valence-corrected chi connectivity index (χ3v) is 11.0. The third kappa shape index (κ3) is 3.47. The molecular weight excluding hydrogens is 609 g/mol. The molecule has 0 N–H and O–H groups in total. The van der Waals surface area contributed by atoms with Crippen molar-refractivity contribution in [3.05, 3.63) is 158 Å². The van der Waals surface area contributed by atoms with Crippen LogP contribution in [-0.4, -0.2) is 0 Å². The van der Waals surface area contributed by atoms with Gasteiger partial charge in [-0.15, -0.1) is 0 Å². The van der Waals surface area contributed by atoms with Crippen molar-refractivity contribution in [1.82, 2.24) is 0 Å². The maximum absolute atomic E-state index is 7.03. The lowest BCUT2D eigenvalue weighted by Gasteiger charge is -2.15. The Morgan fingerprint density at radius 3 is 1.78 bits per heavy atom. The summed E-state index contributed by atoms with van der Waals surface area (Å²) >= 11 is 0. The molecule has 0 fully saturated rings. The van der Waals surface area contributed by atoms with Crippen LogP contribution in [0.2, 0.25) is 0 Å². The van der Waals surface area contributed by atoms with Gasteiger partial charge in [-0.3, -0.25) is 0 Å². The lowest BCUT2D eigenvalue weighted by molar-refractivity contribution is 0.669. The smallest absolute Gasteiger partial charge is 0.143 e. The predicted octanol–water partition coefficient (Wildman–Crippen LogP) is 14.0. The summed E-state index contributed by atoms with van der Waals surface area (Å²) in [5.74, 6) is 0. The Labute approximate surface area is 285 Å². The highest BCUT2D eigenvalue weighted by Gasteiger charge is 2.21. The van der Waals surface area contributed by atoms with E-state index in [9.17, 15) is 0 Å². The number of benzene rings is 10. The third-order valence-electron chi connectivity index (χ3n) is 11.0. The van der Waals surface area contributed by atoms with E-state index in [-0.39, 0.29) is 0 Å². The Balaban J connectivity index is 1.16. The monoisotopic (exact) mass is 634 g/mol. The van der Waals surface area contributed by atoms with Crippen molar-refractivity contribution in [2.45, 2.75) is 0 Å². The topological polar surface area (TPSA) is 26.3 Å². The zero-order chi connectivity index (χ0) is 32.5. The summed E-state index contributed by atoms with van der Waals surface area (Å²) in [6.45, 7) is 0. The van der Waals surface area contributed by atoms with Gasteiger partial charge in [0, 0.05) is 32.5 Å². The molecule has 0 spiro atoms. The normalized spacial score (nSPS) is 12.4. The van der Waals surface area contributed by atoms with Crippen molar-refractivity contribution < 1.29 is 8.83 Å². The minimum absolute atomic E-state index is 0.873. The molecule has 0 bridgehead atoms. The Hall–Kier alpha value is -6.64. The van der Waals surface area contributed by atoms with Crippen LogP contribution >= 0.6 is 0 Å². The molecule has 2 aromatic heterocycles. The first-order valence-corrected chi connectivity index (χ1v) is 17.2. The molecule has 50 heavy (non-hydrogen) atoms. The Morgan fingerprint density at radius 1 is 0.280 bits per heavy atom. The molecule has 0 amide bonds. The van der Waals surface area contributed by atoms with Crippen LogP contribution in [0.15, 0.2) is 167 Å². The molecule has 0 radical (unpaired) electrons. The van der Waals surface area contributed by atoms with Gasteiger partial charge in [0.05, 0.1) is 0 Å². The van der Waals surface area contributed by atoms with Crippen LogP contribution in [0.1, 0.15) is 0 Å². The summed E-state index contributed by atoms with van der Waals surface area (Å²) in [5, 5.41) is 16.9. The molecule has 2 nitrogen and oxygen atoms in total. The molecular formula is C48H26O2. The summed E-state index contributed by atoms with van der Waals surface area (Å²) in [6, 6.07) is 57.1. The Morgan fingerprint density at radius 2 is 0.900 bits per heavy atom. The lowest BCUT2D eigenvalue weighted by atomic mass is 9.87. The van der Waals surface area contributed by atoms with E-state index in [0.717, 1.165) is 60.4 Å². The fourth-order valence-corrected chi connectivity index (χ4v) is 8.66. The van der Waals surface area contributed by atoms with Gasteiger partial charge in [-0.05, 0) is 102 Å². The van der Waals surface area contributed by atoms with Crippen molar-refractivity contribution in [2.24, 2.45) is 0 Å². The number of furan rings is 2. The Bertz CT molecular complexity index is 3360. The molecule has 2 heterocycles. The van der Waals surface area contributed by atoms with Crippen LogP contribution in [0, 0.1) is 0 Å². The SMILES string of the molecule is c1ccc2cc3c(cc2c1)oc1cc(-c2ccc(-c4ccc5ccc6cccc7ccc4c5c67)c4c2oc2c5ccccc5ccc24)ccc13. The van der Waals surface area contributed by atoms with Crippen molar-refractivity contribution in [2.75, 3.05) is 0 Å². The van der Waals surface area contributed by atoms with E-state index >= 15 is 0 Å². The van der Waals surface area contributed by atoms with Crippen molar-refractivity contribution in [3.63, 3.8) is 0 Å². The molecule has 2 heteroatoms. The van der Waals surface area contributed by atoms with Crippen LogP contribution in [0.25, 0.3) is 120 Å². The molecule has 0 atom stereocenters. The zero-order valence-electron chi connectivity index (χ0n) is 26.8. The number of hydrogen-bond donors (Lipinski definition) is 0. The first kappa shape index (κ1) is 26.3. The van der Waals surface area contributed by atoms with Crippen molar-refractivity contribution >= 4 is 97.7 Å². The summed E-state index contributed by atoms with van der Waals surface area (Å²) in [5.41, 5.74) is 8.08. The van der Waals surface area contributed by atoms with Crippen LogP contribution in [0.4, 0.5) is 0 Å². The summed E-state index contributed by atoms with van der Waals surface area (Å²) in [6.07, 6.45) is 0. The van der Waals surface area contributed by atoms with Crippen LogP contribution in [-0.2, 0) is 0 Å². The van der Waals surface area contributed by atoms with Gasteiger partial charge in [0.2, 0.25) is 0 Å². The highest BCUT2D eigenvalue weighted by atomic mass is 16.3. The average Bonchev–Trinajstić information content (AvgIpc) is 3.74. The van der Waals surface area contributed by atoms with Crippen molar-refractivity contribution in [1.29, 1.82) is 0 Å². The molecule has 0 saturated carbocycles. The maximum atomic E-state index is 7.03. The molecule has 10 aromatic carbocycles. The van der Waals surface area contributed by atoms with Crippen LogP contribution < -0.4 is 0 Å². The van der Waals surface area contributed by atoms with Gasteiger partial charge in [0.1, 0.15) is 22.3 Å². The summed E-state index contributed by atoms with van der Waals surface area (Å²) < 4.78 is 13.5. The lowest BCUT2D eigenvalue weighted by Crippen LogP contribution is -1.89. The van der Waals surface area contributed by atoms with Gasteiger partial charge < -0.3 is 8.83 Å². The summed E-state index contributed by atoms with van der Waals surface area (Å²) in [4.78, 5) is 0. The number of hydrogen-bond acceptors (Lipinski definition) is 2. The zero-order valence-corrected chi connectivity index (χ0v) is 26.8. The minimum Gasteiger partial charge on any atom is -0.456 e. The molecule has 0 unspecified atom stereocenters. The van der Waals surface area contributed by atoms with E-state index in [0.29, 0.717) is 0 Å². The fourth-order valence-electron chi connectivity index (χ4n) is 8.66.